The SMILES string of the molecule is C=C(C)C[Si](CC)(CC)CCCN1CC1. The monoisotopic (exact) mass is 225 g/mol. The summed E-state index contributed by atoms with van der Waals surface area (Å²) in [4.78, 5) is 2.55. The summed E-state index contributed by atoms with van der Waals surface area (Å²) in [6.45, 7) is 15.2. The Morgan fingerprint density at radius 3 is 2.27 bits per heavy atom. The normalized spacial score (nSPS) is 16.7. The van der Waals surface area contributed by atoms with E-state index in [9.17, 15) is 0 Å². The van der Waals surface area contributed by atoms with Crippen molar-refractivity contribution < 1.29 is 0 Å². The molecular weight excluding hydrogens is 198 g/mol. The molecule has 0 saturated carbocycles. The molecule has 0 unspecified atom stereocenters. The summed E-state index contributed by atoms with van der Waals surface area (Å²) in [5, 5.41) is 0. The minimum atomic E-state index is -0.972. The summed E-state index contributed by atoms with van der Waals surface area (Å²) in [6, 6.07) is 5.76. The van der Waals surface area contributed by atoms with Crippen molar-refractivity contribution in [3.05, 3.63) is 12.2 Å². The second-order valence-corrected chi connectivity index (χ2v) is 10.6. The molecule has 1 aliphatic heterocycles. The van der Waals surface area contributed by atoms with Gasteiger partial charge >= 0.3 is 0 Å². The van der Waals surface area contributed by atoms with Gasteiger partial charge in [0.2, 0.25) is 0 Å². The number of hydrogen-bond acceptors (Lipinski definition) is 1. The summed E-state index contributed by atoms with van der Waals surface area (Å²) in [5.41, 5.74) is 1.41. The van der Waals surface area contributed by atoms with Gasteiger partial charge in [0, 0.05) is 13.1 Å². The van der Waals surface area contributed by atoms with Crippen LogP contribution in [0.3, 0.4) is 0 Å². The topological polar surface area (TPSA) is 3.01 Å². The molecule has 0 bridgehead atoms. The molecule has 0 atom stereocenters. The average molecular weight is 225 g/mol. The lowest BCUT2D eigenvalue weighted by Crippen LogP contribution is -2.32. The minimum Gasteiger partial charge on any atom is -0.301 e. The van der Waals surface area contributed by atoms with Crippen molar-refractivity contribution in [2.75, 3.05) is 19.6 Å². The largest absolute Gasteiger partial charge is 0.301 e. The molecule has 0 spiro atoms. The first-order valence-corrected chi connectivity index (χ1v) is 9.31. The van der Waals surface area contributed by atoms with Crippen molar-refractivity contribution in [3.63, 3.8) is 0 Å². The summed E-state index contributed by atoms with van der Waals surface area (Å²) in [6.07, 6.45) is 1.43. The Balaban J connectivity index is 2.34. The van der Waals surface area contributed by atoms with Crippen molar-refractivity contribution in [3.8, 4) is 0 Å². The Hall–Kier alpha value is -0.0831. The van der Waals surface area contributed by atoms with Gasteiger partial charge in [-0.25, -0.2) is 0 Å². The van der Waals surface area contributed by atoms with Crippen LogP contribution in [0, 0.1) is 0 Å². The van der Waals surface area contributed by atoms with Crippen LogP contribution in [0.4, 0.5) is 0 Å². The Labute approximate surface area is 96.6 Å². The summed E-state index contributed by atoms with van der Waals surface area (Å²) < 4.78 is 0. The van der Waals surface area contributed by atoms with Crippen molar-refractivity contribution >= 4 is 8.07 Å². The first kappa shape index (κ1) is 13.0. The zero-order valence-corrected chi connectivity index (χ0v) is 11.8. The molecule has 2 heteroatoms. The second-order valence-electron chi connectivity index (χ2n) is 5.29. The highest BCUT2D eigenvalue weighted by molar-refractivity contribution is 6.80. The third-order valence-electron chi connectivity index (χ3n) is 3.90. The van der Waals surface area contributed by atoms with Gasteiger partial charge in [-0.1, -0.05) is 37.6 Å². The molecule has 1 fully saturated rings. The lowest BCUT2D eigenvalue weighted by molar-refractivity contribution is 0.548. The molecule has 0 N–H and O–H groups in total. The lowest BCUT2D eigenvalue weighted by Gasteiger charge is -2.30. The molecule has 15 heavy (non-hydrogen) atoms. The zero-order valence-electron chi connectivity index (χ0n) is 10.8. The predicted octanol–water partition coefficient (Wildman–Crippen LogP) is 3.76. The van der Waals surface area contributed by atoms with Crippen LogP contribution in [-0.2, 0) is 0 Å². The van der Waals surface area contributed by atoms with Gasteiger partial charge < -0.3 is 4.90 Å². The zero-order chi connectivity index (χ0) is 11.3. The van der Waals surface area contributed by atoms with E-state index < -0.39 is 8.07 Å². The maximum absolute atomic E-state index is 4.12. The van der Waals surface area contributed by atoms with Crippen molar-refractivity contribution in [1.82, 2.24) is 4.90 Å². The van der Waals surface area contributed by atoms with Gasteiger partial charge in [-0.2, -0.15) is 0 Å². The van der Waals surface area contributed by atoms with E-state index in [4.69, 9.17) is 0 Å². The van der Waals surface area contributed by atoms with Crippen molar-refractivity contribution in [2.24, 2.45) is 0 Å². The minimum absolute atomic E-state index is 0.972. The Morgan fingerprint density at radius 2 is 1.87 bits per heavy atom. The third kappa shape index (κ3) is 4.52. The Morgan fingerprint density at radius 1 is 1.27 bits per heavy atom. The standard InChI is InChI=1S/C13H27NSi/c1-5-15(6-2,12-13(3)4)11-7-8-14-9-10-14/h3,5-12H2,1-2,4H3. The average Bonchev–Trinajstić information content (AvgIpc) is 2.99. The fraction of sp³-hybridized carbons (Fsp3) is 0.846. The van der Waals surface area contributed by atoms with Crippen LogP contribution in [-0.4, -0.2) is 32.6 Å². The van der Waals surface area contributed by atoms with E-state index >= 15 is 0 Å². The molecule has 1 saturated heterocycles. The van der Waals surface area contributed by atoms with E-state index in [-0.39, 0.29) is 0 Å². The molecule has 1 rings (SSSR count). The smallest absolute Gasteiger partial charge is 0.0570 e. The molecule has 0 aromatic rings. The number of allylic oxidation sites excluding steroid dienone is 1. The highest BCUT2D eigenvalue weighted by Gasteiger charge is 2.28. The van der Waals surface area contributed by atoms with Crippen molar-refractivity contribution in [2.45, 2.75) is 51.4 Å². The quantitative estimate of drug-likeness (QED) is 0.345. The maximum Gasteiger partial charge on any atom is 0.0570 e. The van der Waals surface area contributed by atoms with Crippen molar-refractivity contribution in [1.29, 1.82) is 0 Å². The fourth-order valence-corrected chi connectivity index (χ4v) is 6.63. The number of nitrogens with zero attached hydrogens (tertiary/aromatic N) is 1. The van der Waals surface area contributed by atoms with Gasteiger partial charge in [-0.05, 0) is 25.9 Å². The molecule has 0 aliphatic carbocycles. The lowest BCUT2D eigenvalue weighted by atomic mass is 10.4. The molecule has 1 aliphatic rings. The molecule has 1 heterocycles. The molecule has 88 valence electrons. The first-order chi connectivity index (χ1) is 7.12. The van der Waals surface area contributed by atoms with Crippen LogP contribution in [0.2, 0.25) is 24.2 Å². The molecule has 0 amide bonds. The highest BCUT2D eigenvalue weighted by atomic mass is 28.3. The van der Waals surface area contributed by atoms with Gasteiger partial charge in [0.25, 0.3) is 0 Å². The molecular formula is C13H27NSi. The van der Waals surface area contributed by atoms with Crippen LogP contribution in [0.5, 0.6) is 0 Å². The van der Waals surface area contributed by atoms with Gasteiger partial charge in [0.1, 0.15) is 0 Å². The summed E-state index contributed by atoms with van der Waals surface area (Å²) >= 11 is 0. The van der Waals surface area contributed by atoms with Crippen LogP contribution in [0.25, 0.3) is 0 Å². The van der Waals surface area contributed by atoms with E-state index in [1.165, 1.54) is 55.8 Å². The van der Waals surface area contributed by atoms with Crippen LogP contribution < -0.4 is 0 Å². The fourth-order valence-electron chi connectivity index (χ4n) is 2.55. The second kappa shape index (κ2) is 5.85. The molecule has 0 aromatic heterocycles. The molecule has 0 radical (unpaired) electrons. The maximum atomic E-state index is 4.12. The molecule has 1 nitrogen and oxygen atoms in total. The first-order valence-electron chi connectivity index (χ1n) is 6.48. The van der Waals surface area contributed by atoms with Crippen LogP contribution in [0.1, 0.15) is 27.2 Å². The van der Waals surface area contributed by atoms with E-state index in [1.54, 1.807) is 0 Å². The Kier molecular flexibility index (Phi) is 5.07. The van der Waals surface area contributed by atoms with Gasteiger partial charge in [-0.15, -0.1) is 6.58 Å². The van der Waals surface area contributed by atoms with Crippen LogP contribution >= 0.6 is 0 Å². The number of rotatable bonds is 8. The van der Waals surface area contributed by atoms with Gasteiger partial charge in [0.05, 0.1) is 8.07 Å². The van der Waals surface area contributed by atoms with Gasteiger partial charge in [0.15, 0.2) is 0 Å². The highest BCUT2D eigenvalue weighted by Crippen LogP contribution is 2.30. The predicted molar refractivity (Wildman–Crippen MR) is 72.2 cm³/mol. The van der Waals surface area contributed by atoms with E-state index in [0.717, 1.165) is 0 Å². The van der Waals surface area contributed by atoms with E-state index in [2.05, 4.69) is 32.3 Å². The van der Waals surface area contributed by atoms with E-state index in [0.29, 0.717) is 0 Å². The van der Waals surface area contributed by atoms with Crippen LogP contribution in [0.15, 0.2) is 12.2 Å². The molecule has 0 aromatic carbocycles. The number of hydrogen-bond donors (Lipinski definition) is 0. The summed E-state index contributed by atoms with van der Waals surface area (Å²) in [7, 11) is -0.972. The summed E-state index contributed by atoms with van der Waals surface area (Å²) in [5.74, 6) is 0. The Bertz CT molecular complexity index is 205. The van der Waals surface area contributed by atoms with E-state index in [1.807, 2.05) is 0 Å². The van der Waals surface area contributed by atoms with Gasteiger partial charge in [-0.3, -0.25) is 0 Å². The third-order valence-corrected chi connectivity index (χ3v) is 9.67.